The quantitative estimate of drug-likeness (QED) is 0.320. The van der Waals surface area contributed by atoms with Gasteiger partial charge in [-0.05, 0) is 24.3 Å². The second-order valence-electron chi connectivity index (χ2n) is 6.41. The van der Waals surface area contributed by atoms with Crippen molar-refractivity contribution < 1.29 is 14.8 Å². The number of nitrogens with one attached hydrogen (secondary N) is 2. The van der Waals surface area contributed by atoms with Crippen LogP contribution in [0.5, 0.6) is 0 Å². The first-order valence-electron chi connectivity index (χ1n) is 8.89. The number of hydrazine groups is 1. The molecule has 14 heteroatoms. The van der Waals surface area contributed by atoms with E-state index in [1.807, 2.05) is 6.07 Å². The topological polar surface area (TPSA) is 184 Å². The normalized spacial score (nSPS) is 10.6. The molecule has 4 rings (SSSR count). The summed E-state index contributed by atoms with van der Waals surface area (Å²) in [5, 5.41) is 42.0. The fourth-order valence-corrected chi connectivity index (χ4v) is 2.91. The summed E-state index contributed by atoms with van der Waals surface area (Å²) in [4.78, 5) is 32.7. The van der Waals surface area contributed by atoms with Crippen molar-refractivity contribution in [2.24, 2.45) is 0 Å². The number of hydrogen-bond acceptors (Lipinski definition) is 10. The van der Waals surface area contributed by atoms with E-state index in [2.05, 4.69) is 21.0 Å². The number of aromatic nitrogens is 3. The van der Waals surface area contributed by atoms with Crippen molar-refractivity contribution in [2.45, 2.75) is 0 Å². The molecule has 0 radical (unpaired) electrons. The van der Waals surface area contributed by atoms with E-state index in [1.165, 1.54) is 18.2 Å². The molecule has 1 heterocycles. The van der Waals surface area contributed by atoms with Gasteiger partial charge in [-0.3, -0.25) is 35.8 Å². The average molecular weight is 436 g/mol. The summed E-state index contributed by atoms with van der Waals surface area (Å²) in [7, 11) is 0. The first-order chi connectivity index (χ1) is 15.3. The number of benzene rings is 3. The van der Waals surface area contributed by atoms with Crippen LogP contribution >= 0.6 is 0 Å². The zero-order chi connectivity index (χ0) is 22.8. The number of rotatable bonds is 7. The van der Waals surface area contributed by atoms with E-state index in [0.29, 0.717) is 5.69 Å². The Morgan fingerprint density at radius 3 is 2.12 bits per heavy atom. The maximum Gasteiger partial charge on any atom is 0.305 e. The van der Waals surface area contributed by atoms with Crippen LogP contribution in [0.3, 0.4) is 0 Å². The van der Waals surface area contributed by atoms with Crippen molar-refractivity contribution in [2.75, 3.05) is 10.9 Å². The molecule has 0 amide bonds. The molecule has 32 heavy (non-hydrogen) atoms. The highest BCUT2D eigenvalue weighted by molar-refractivity contribution is 5.86. The molecule has 0 saturated carbocycles. The minimum absolute atomic E-state index is 0.0958. The molecular weight excluding hydrogens is 424 g/mol. The van der Waals surface area contributed by atoms with Gasteiger partial charge >= 0.3 is 5.69 Å². The van der Waals surface area contributed by atoms with Gasteiger partial charge in [0.25, 0.3) is 11.4 Å². The molecule has 2 N–H and O–H groups in total. The lowest BCUT2D eigenvalue weighted by atomic mass is 10.2. The molecule has 160 valence electrons. The highest BCUT2D eigenvalue weighted by atomic mass is 16.6. The summed E-state index contributed by atoms with van der Waals surface area (Å²) in [6, 6.07) is 14.8. The third-order valence-electron chi connectivity index (χ3n) is 4.38. The van der Waals surface area contributed by atoms with Crippen molar-refractivity contribution >= 4 is 39.5 Å². The lowest BCUT2D eigenvalue weighted by Gasteiger charge is -2.10. The molecule has 1 aromatic heterocycles. The van der Waals surface area contributed by atoms with Gasteiger partial charge in [-0.15, -0.1) is 15.0 Å². The first kappa shape index (κ1) is 20.1. The fourth-order valence-electron chi connectivity index (χ4n) is 2.91. The predicted octanol–water partition coefficient (Wildman–Crippen LogP) is 3.58. The number of para-hydroxylation sites is 1. The Morgan fingerprint density at radius 1 is 0.750 bits per heavy atom. The second-order valence-corrected chi connectivity index (χ2v) is 6.41. The van der Waals surface area contributed by atoms with Crippen LogP contribution in [-0.4, -0.2) is 29.8 Å². The molecule has 0 atom stereocenters. The number of nitrogens with zero attached hydrogens (tertiary/aromatic N) is 6. The highest BCUT2D eigenvalue weighted by Gasteiger charge is 2.24. The van der Waals surface area contributed by atoms with Crippen molar-refractivity contribution in [3.8, 4) is 5.69 Å². The molecule has 3 aromatic carbocycles. The maximum absolute atomic E-state index is 11.6. The van der Waals surface area contributed by atoms with Crippen molar-refractivity contribution in [1.29, 1.82) is 0 Å². The number of non-ortho nitro benzene ring substituents is 2. The smallest absolute Gasteiger partial charge is 0.301 e. The van der Waals surface area contributed by atoms with E-state index in [1.54, 1.807) is 24.3 Å². The molecule has 0 aliphatic heterocycles. The Balaban J connectivity index is 1.74. The molecule has 0 saturated heterocycles. The van der Waals surface area contributed by atoms with Crippen molar-refractivity contribution in [1.82, 2.24) is 15.0 Å². The SMILES string of the molecule is O=[N+]([O-])c1cc([N+](=O)[O-])c2nn(-c3ccc(NNc4ccccc4)c([N+](=O)[O-])c3)nc2c1. The number of fused-ring (bicyclic) bond motifs is 1. The Labute approximate surface area is 177 Å². The van der Waals surface area contributed by atoms with E-state index in [4.69, 9.17) is 0 Å². The zero-order valence-corrected chi connectivity index (χ0v) is 15.9. The Kier molecular flexibility index (Phi) is 5.00. The summed E-state index contributed by atoms with van der Waals surface area (Å²) in [6.07, 6.45) is 0. The molecule has 0 spiro atoms. The van der Waals surface area contributed by atoms with Gasteiger partial charge in [-0.2, -0.15) is 0 Å². The summed E-state index contributed by atoms with van der Waals surface area (Å²) in [5.74, 6) is 0. The third kappa shape index (κ3) is 3.82. The highest BCUT2D eigenvalue weighted by Crippen LogP contribution is 2.31. The third-order valence-corrected chi connectivity index (χ3v) is 4.38. The average Bonchev–Trinajstić information content (AvgIpc) is 3.21. The van der Waals surface area contributed by atoms with E-state index in [0.717, 1.165) is 16.9 Å². The lowest BCUT2D eigenvalue weighted by Crippen LogP contribution is -2.11. The van der Waals surface area contributed by atoms with Gasteiger partial charge in [0.1, 0.15) is 11.2 Å². The summed E-state index contributed by atoms with van der Waals surface area (Å²) < 4.78 is 0. The molecule has 0 bridgehead atoms. The predicted molar refractivity (Wildman–Crippen MR) is 113 cm³/mol. The van der Waals surface area contributed by atoms with Crippen LogP contribution < -0.4 is 10.9 Å². The molecule has 14 nitrogen and oxygen atoms in total. The van der Waals surface area contributed by atoms with Crippen LogP contribution in [0.15, 0.2) is 60.7 Å². The van der Waals surface area contributed by atoms with Gasteiger partial charge in [0.05, 0.1) is 32.2 Å². The molecule has 0 aliphatic carbocycles. The van der Waals surface area contributed by atoms with E-state index >= 15 is 0 Å². The standard InChI is InChI=1S/C18H12N8O6/c27-24(28)13-8-15-18(17(10-13)26(31)32)22-23(21-15)12-6-7-14(16(9-12)25(29)30)20-19-11-4-2-1-3-5-11/h1-10,19-20H. The summed E-state index contributed by atoms with van der Waals surface area (Å²) in [5.41, 5.74) is 4.86. The second kappa shape index (κ2) is 7.94. The molecule has 0 aliphatic rings. The lowest BCUT2D eigenvalue weighted by molar-refractivity contribution is -0.393. The van der Waals surface area contributed by atoms with Gasteiger partial charge in [0.2, 0.25) is 0 Å². The van der Waals surface area contributed by atoms with Gasteiger partial charge in [0.15, 0.2) is 5.52 Å². The van der Waals surface area contributed by atoms with Crippen molar-refractivity contribution in [3.63, 3.8) is 0 Å². The minimum Gasteiger partial charge on any atom is -0.301 e. The van der Waals surface area contributed by atoms with Gasteiger partial charge in [-0.25, -0.2) is 0 Å². The van der Waals surface area contributed by atoms with Crippen LogP contribution in [0.25, 0.3) is 16.7 Å². The van der Waals surface area contributed by atoms with Gasteiger partial charge in [0, 0.05) is 12.1 Å². The van der Waals surface area contributed by atoms with Crippen LogP contribution in [0.4, 0.5) is 28.4 Å². The monoisotopic (exact) mass is 436 g/mol. The summed E-state index contributed by atoms with van der Waals surface area (Å²) >= 11 is 0. The van der Waals surface area contributed by atoms with Gasteiger partial charge in [-0.1, -0.05) is 18.2 Å². The maximum atomic E-state index is 11.6. The minimum atomic E-state index is -0.806. The molecule has 0 unspecified atom stereocenters. The van der Waals surface area contributed by atoms with E-state index in [-0.39, 0.29) is 28.1 Å². The van der Waals surface area contributed by atoms with Crippen LogP contribution in [-0.2, 0) is 0 Å². The Morgan fingerprint density at radius 2 is 1.47 bits per heavy atom. The summed E-state index contributed by atoms with van der Waals surface area (Å²) in [6.45, 7) is 0. The Bertz CT molecular complexity index is 1370. The molecule has 4 aromatic rings. The fraction of sp³-hybridized carbons (Fsp3) is 0. The van der Waals surface area contributed by atoms with Crippen LogP contribution in [0.1, 0.15) is 0 Å². The van der Waals surface area contributed by atoms with Crippen LogP contribution in [0, 0.1) is 30.3 Å². The molecular formula is C18H12N8O6. The van der Waals surface area contributed by atoms with Crippen molar-refractivity contribution in [3.05, 3.63) is 91.0 Å². The zero-order valence-electron chi connectivity index (χ0n) is 15.9. The largest absolute Gasteiger partial charge is 0.305 e. The number of anilines is 2. The van der Waals surface area contributed by atoms with Gasteiger partial charge < -0.3 is 5.43 Å². The number of nitro groups is 3. The van der Waals surface area contributed by atoms with E-state index < -0.39 is 26.1 Å². The van der Waals surface area contributed by atoms with Crippen LogP contribution in [0.2, 0.25) is 0 Å². The van der Waals surface area contributed by atoms with E-state index in [9.17, 15) is 30.3 Å². The Hall–Kier alpha value is -5.14. The first-order valence-corrected chi connectivity index (χ1v) is 8.89. The number of hydrogen-bond donors (Lipinski definition) is 2. The molecule has 0 fully saturated rings. The number of nitro benzene ring substituents is 3.